The number of carbonyl (C=O) groups is 1. The number of benzene rings is 2. The van der Waals surface area contributed by atoms with E-state index in [0.717, 1.165) is 24.0 Å². The molecule has 0 aromatic heterocycles. The number of hydrogen-bond acceptors (Lipinski definition) is 3. The molecule has 4 nitrogen and oxygen atoms in total. The Morgan fingerprint density at radius 2 is 1.67 bits per heavy atom. The van der Waals surface area contributed by atoms with E-state index in [9.17, 15) is 13.2 Å². The van der Waals surface area contributed by atoms with E-state index in [2.05, 4.69) is 15.9 Å². The topological polar surface area (TPSA) is 54.5 Å². The van der Waals surface area contributed by atoms with Gasteiger partial charge in [0.05, 0.1) is 16.9 Å². The van der Waals surface area contributed by atoms with Crippen molar-refractivity contribution in [3.8, 4) is 0 Å². The van der Waals surface area contributed by atoms with Crippen LogP contribution >= 0.6 is 15.9 Å². The van der Waals surface area contributed by atoms with Gasteiger partial charge in [-0.05, 0) is 37.5 Å². The highest BCUT2D eigenvalue weighted by molar-refractivity contribution is 9.09. The molecule has 1 amide bonds. The average Bonchev–Trinajstić information content (AvgIpc) is 2.96. The zero-order chi connectivity index (χ0) is 19.2. The van der Waals surface area contributed by atoms with Crippen LogP contribution in [0.5, 0.6) is 0 Å². The van der Waals surface area contributed by atoms with Gasteiger partial charge in [0.2, 0.25) is 5.91 Å². The Labute approximate surface area is 168 Å². The molecule has 1 saturated carbocycles. The number of aryl methyl sites for hydroxylation is 1. The molecule has 4 atom stereocenters. The molecule has 142 valence electrons. The summed E-state index contributed by atoms with van der Waals surface area (Å²) in [7, 11) is -3.88. The van der Waals surface area contributed by atoms with Crippen molar-refractivity contribution in [1.29, 1.82) is 0 Å². The van der Waals surface area contributed by atoms with Gasteiger partial charge in [-0.3, -0.25) is 4.79 Å². The molecule has 4 rings (SSSR count). The third-order valence-corrected chi connectivity index (χ3v) is 8.65. The molecule has 0 unspecified atom stereocenters. The number of sulfonamides is 1. The fraction of sp³-hybridized carbons (Fsp3) is 0.381. The number of alkyl halides is 1. The fourth-order valence-electron chi connectivity index (χ4n) is 4.46. The van der Waals surface area contributed by atoms with Crippen LogP contribution in [0.4, 0.5) is 0 Å². The smallest absolute Gasteiger partial charge is 0.266 e. The van der Waals surface area contributed by atoms with Crippen molar-refractivity contribution in [3.63, 3.8) is 0 Å². The minimum Gasteiger partial charge on any atom is -0.273 e. The first kappa shape index (κ1) is 18.7. The van der Waals surface area contributed by atoms with Crippen molar-refractivity contribution in [2.45, 2.75) is 47.9 Å². The minimum absolute atomic E-state index is 0.0473. The largest absolute Gasteiger partial charge is 0.273 e. The Kier molecular flexibility index (Phi) is 4.89. The van der Waals surface area contributed by atoms with E-state index >= 15 is 0 Å². The van der Waals surface area contributed by atoms with E-state index in [1.165, 1.54) is 4.31 Å². The molecule has 0 N–H and O–H groups in total. The van der Waals surface area contributed by atoms with Gasteiger partial charge in [0, 0.05) is 10.7 Å². The second-order valence-corrected chi connectivity index (χ2v) is 10.4. The highest BCUT2D eigenvalue weighted by Gasteiger charge is 2.56. The summed E-state index contributed by atoms with van der Waals surface area (Å²) in [4.78, 5) is 13.7. The number of amides is 1. The van der Waals surface area contributed by atoms with E-state index in [1.807, 2.05) is 37.3 Å². The summed E-state index contributed by atoms with van der Waals surface area (Å²) in [5.41, 5.74) is 1.88. The minimum atomic E-state index is -3.88. The predicted octanol–water partition coefficient (Wildman–Crippen LogP) is 4.24. The molecule has 1 saturated heterocycles. The summed E-state index contributed by atoms with van der Waals surface area (Å²) >= 11 is 3.75. The quantitative estimate of drug-likeness (QED) is 0.660. The van der Waals surface area contributed by atoms with Crippen LogP contribution < -0.4 is 0 Å². The molecule has 0 spiro atoms. The molecule has 2 aliphatic rings. The summed E-state index contributed by atoms with van der Waals surface area (Å²) in [6.45, 7) is 1.91. The number of nitrogens with zero attached hydrogens (tertiary/aromatic N) is 1. The number of fused-ring (bicyclic) bond motifs is 1. The molecule has 27 heavy (non-hydrogen) atoms. The van der Waals surface area contributed by atoms with E-state index < -0.39 is 15.9 Å². The van der Waals surface area contributed by atoms with Crippen molar-refractivity contribution < 1.29 is 13.2 Å². The second kappa shape index (κ2) is 7.06. The Bertz CT molecular complexity index is 943. The van der Waals surface area contributed by atoms with Crippen molar-refractivity contribution in [2.24, 2.45) is 5.92 Å². The molecule has 1 aliphatic heterocycles. The number of halogens is 1. The van der Waals surface area contributed by atoms with Gasteiger partial charge < -0.3 is 0 Å². The van der Waals surface area contributed by atoms with Crippen LogP contribution in [0.15, 0.2) is 59.5 Å². The summed E-state index contributed by atoms with van der Waals surface area (Å²) in [6.07, 6.45) is 2.58. The van der Waals surface area contributed by atoms with Gasteiger partial charge in [-0.1, -0.05) is 70.4 Å². The Morgan fingerprint density at radius 3 is 2.33 bits per heavy atom. The van der Waals surface area contributed by atoms with Crippen molar-refractivity contribution >= 4 is 31.9 Å². The SMILES string of the molecule is Cc1ccc(S(=O)(=O)N2C(=O)[C@@H](c3ccccc3)[C@@H]3[C@@H](Br)CCC[C@@H]32)cc1. The van der Waals surface area contributed by atoms with Gasteiger partial charge in [-0.15, -0.1) is 0 Å². The molecule has 1 heterocycles. The van der Waals surface area contributed by atoms with E-state index in [-0.39, 0.29) is 27.6 Å². The van der Waals surface area contributed by atoms with E-state index in [4.69, 9.17) is 0 Å². The van der Waals surface area contributed by atoms with Crippen LogP contribution in [-0.2, 0) is 14.8 Å². The lowest BCUT2D eigenvalue weighted by Gasteiger charge is -2.34. The van der Waals surface area contributed by atoms with Crippen LogP contribution in [0.2, 0.25) is 0 Å². The normalized spacial score (nSPS) is 28.2. The van der Waals surface area contributed by atoms with Crippen LogP contribution in [0.3, 0.4) is 0 Å². The fourth-order valence-corrected chi connectivity index (χ4v) is 7.10. The predicted molar refractivity (Wildman–Crippen MR) is 108 cm³/mol. The maximum atomic E-state index is 13.4. The number of hydrogen-bond donors (Lipinski definition) is 0. The van der Waals surface area contributed by atoms with Crippen molar-refractivity contribution in [2.75, 3.05) is 0 Å². The lowest BCUT2D eigenvalue weighted by molar-refractivity contribution is -0.125. The van der Waals surface area contributed by atoms with E-state index in [1.54, 1.807) is 24.3 Å². The first-order valence-corrected chi connectivity index (χ1v) is 11.6. The lowest BCUT2D eigenvalue weighted by Crippen LogP contribution is -2.43. The zero-order valence-corrected chi connectivity index (χ0v) is 17.5. The number of rotatable bonds is 3. The highest BCUT2D eigenvalue weighted by Crippen LogP contribution is 2.49. The van der Waals surface area contributed by atoms with Gasteiger partial charge in [0.25, 0.3) is 10.0 Å². The molecule has 2 aromatic carbocycles. The maximum Gasteiger partial charge on any atom is 0.266 e. The van der Waals surface area contributed by atoms with Crippen LogP contribution in [-0.4, -0.2) is 29.5 Å². The van der Waals surface area contributed by atoms with Gasteiger partial charge in [-0.2, -0.15) is 0 Å². The molecule has 1 aliphatic carbocycles. The van der Waals surface area contributed by atoms with Gasteiger partial charge in [-0.25, -0.2) is 12.7 Å². The maximum absolute atomic E-state index is 13.4. The van der Waals surface area contributed by atoms with Gasteiger partial charge >= 0.3 is 0 Å². The third-order valence-electron chi connectivity index (χ3n) is 5.75. The molecule has 6 heteroatoms. The summed E-state index contributed by atoms with van der Waals surface area (Å²) < 4.78 is 28.0. The third kappa shape index (κ3) is 3.13. The number of carbonyl (C=O) groups excluding carboxylic acids is 1. The molecule has 0 bridgehead atoms. The molecule has 0 radical (unpaired) electrons. The standard InChI is InChI=1S/C21H22BrNO3S/c1-14-10-12-16(13-11-14)27(25,26)23-18-9-5-8-17(22)20(18)19(21(23)24)15-6-3-2-4-7-15/h2-4,6-7,10-13,17-20H,5,8-9H2,1H3/t17-,18-,19-,20+/m0/s1. The van der Waals surface area contributed by atoms with Crippen molar-refractivity contribution in [1.82, 2.24) is 4.31 Å². The Morgan fingerprint density at radius 1 is 1.00 bits per heavy atom. The highest BCUT2D eigenvalue weighted by atomic mass is 79.9. The molecule has 2 fully saturated rings. The van der Waals surface area contributed by atoms with Gasteiger partial charge in [0.1, 0.15) is 0 Å². The Balaban J connectivity index is 1.81. The van der Waals surface area contributed by atoms with Gasteiger partial charge in [0.15, 0.2) is 0 Å². The average molecular weight is 448 g/mol. The summed E-state index contributed by atoms with van der Waals surface area (Å²) in [6, 6.07) is 16.0. The molecular formula is C21H22BrNO3S. The zero-order valence-electron chi connectivity index (χ0n) is 15.1. The first-order chi connectivity index (χ1) is 12.9. The van der Waals surface area contributed by atoms with Crippen LogP contribution in [0.1, 0.15) is 36.3 Å². The Hall–Kier alpha value is -1.66. The molecular weight excluding hydrogens is 426 g/mol. The van der Waals surface area contributed by atoms with Crippen molar-refractivity contribution in [3.05, 3.63) is 65.7 Å². The van der Waals surface area contributed by atoms with Crippen LogP contribution in [0.25, 0.3) is 0 Å². The second-order valence-electron chi connectivity index (χ2n) is 7.43. The van der Waals surface area contributed by atoms with E-state index in [0.29, 0.717) is 6.42 Å². The lowest BCUT2D eigenvalue weighted by atomic mass is 9.77. The monoisotopic (exact) mass is 447 g/mol. The summed E-state index contributed by atoms with van der Waals surface area (Å²) in [5, 5.41) is 0. The summed E-state index contributed by atoms with van der Waals surface area (Å²) in [5.74, 6) is -0.780. The molecule has 2 aromatic rings. The first-order valence-electron chi connectivity index (χ1n) is 9.25. The van der Waals surface area contributed by atoms with Crippen LogP contribution in [0, 0.1) is 12.8 Å².